The van der Waals surface area contributed by atoms with Gasteiger partial charge in [0.05, 0.1) is 33.8 Å². The van der Waals surface area contributed by atoms with Crippen LogP contribution in [0.2, 0.25) is 0 Å². The van der Waals surface area contributed by atoms with E-state index in [0.29, 0.717) is 23.3 Å². The van der Waals surface area contributed by atoms with Crippen molar-refractivity contribution < 1.29 is 0 Å². The molecule has 0 fully saturated rings. The fraction of sp³-hybridized carbons (Fsp3) is 0. The first-order chi connectivity index (χ1) is 72.9. The van der Waals surface area contributed by atoms with Crippen molar-refractivity contribution in [2.24, 2.45) is 0 Å². The highest BCUT2D eigenvalue weighted by Crippen LogP contribution is 2.49. The van der Waals surface area contributed by atoms with Gasteiger partial charge in [-0.15, -0.1) is 0 Å². The molecule has 0 aliphatic heterocycles. The highest BCUT2D eigenvalue weighted by molar-refractivity contribution is 6.32. The second-order valence-corrected chi connectivity index (χ2v) is 37.2. The summed E-state index contributed by atoms with van der Waals surface area (Å²) < 4.78 is 2.25. The average molecular weight is 1870 g/mol. The minimum atomic E-state index is 0.609. The van der Waals surface area contributed by atoms with Gasteiger partial charge in [0.25, 0.3) is 0 Å². The lowest BCUT2D eigenvalue weighted by Gasteiger charge is -2.17. The number of aromatic nitrogens is 8. The van der Waals surface area contributed by atoms with E-state index in [-0.39, 0.29) is 0 Å². The molecule has 0 bridgehead atoms. The summed E-state index contributed by atoms with van der Waals surface area (Å²) in [5.41, 5.74) is 27.7. The normalized spacial score (nSPS) is 11.4. The van der Waals surface area contributed by atoms with E-state index in [1.54, 1.807) is 0 Å². The molecule has 0 atom stereocenters. The van der Waals surface area contributed by atoms with E-state index in [2.05, 4.69) is 466 Å². The molecule has 4 aromatic heterocycles. The Labute approximate surface area is 850 Å². The van der Waals surface area contributed by atoms with Crippen LogP contribution in [-0.4, -0.2) is 39.5 Å². The lowest BCUT2D eigenvalue weighted by molar-refractivity contribution is 1.07. The molecule has 0 aliphatic rings. The number of hydrogen-bond acceptors (Lipinski definition) is 7. The minimum absolute atomic E-state index is 0.609. The summed E-state index contributed by atoms with van der Waals surface area (Å²) in [6, 6.07) is 193. The first-order valence-electron chi connectivity index (χ1n) is 49.9. The van der Waals surface area contributed by atoms with Crippen LogP contribution in [-0.2, 0) is 0 Å². The monoisotopic (exact) mass is 1870 g/mol. The summed E-state index contributed by atoms with van der Waals surface area (Å²) in [5.74, 6) is 3.41. The molecule has 8 heteroatoms. The SMILES string of the molecule is c1ccc(-c2cc(-c3ccccc3)nc(-c3cc(-c4ccccc4)cc4c5ccccc5c5ccccc5c34)c2)cc1.c1ccc(-c2ccc(-c3ccc(-c4cc(-c5nc(-c6ccccc6)cc(-c6ccccc6)n5)c5c6ccccc6c6ccccc6c5c4)cc3)cc2)cc1.c1ccc(-c2nc(-c3ccccc3)nc(-c3cc(-c4nc5ccccc5n4-c4ccccc4)cc4c5ccccc5c5ccccc5c34)n2)cc1. The van der Waals surface area contributed by atoms with Crippen LogP contribution in [0.25, 0.3) is 271 Å². The van der Waals surface area contributed by atoms with Gasteiger partial charge in [-0.1, -0.05) is 467 Å². The Balaban J connectivity index is 0.000000113. The Morgan fingerprint density at radius 3 is 0.762 bits per heavy atom. The molecule has 0 unspecified atom stereocenters. The fourth-order valence-corrected chi connectivity index (χ4v) is 21.4. The Hall–Kier alpha value is -19.7. The summed E-state index contributed by atoms with van der Waals surface area (Å²) in [6.45, 7) is 0. The number of hydrogen-bond donors (Lipinski definition) is 0. The Kier molecular flexibility index (Phi) is 22.9. The zero-order valence-electron chi connectivity index (χ0n) is 80.0. The van der Waals surface area contributed by atoms with Crippen LogP contribution in [0, 0.1) is 0 Å². The standard InChI is InChI=1S/C52H34N2.C46H29N5.C41H27N/c1-4-14-35(15-5-1)36-24-26-37(27-25-36)38-28-30-39(31-29-38)42-32-47-45-22-11-10-20-43(45)44-21-12-13-23-46(44)51(47)48(33-42)52-53-49(40-16-6-2-7-17-40)34-50(54-52)41-18-8-3-9-19-41;1-4-16-30(17-5-1)43-48-44(31-18-6-2-7-19-31)50-45(49-43)39-29-32(46-47-40-26-14-15-27-41(40)51(46)33-20-8-3-9-21-33)28-38-36-24-11-10-22-34(36)35-23-12-13-25-37(35)42(38)39;1-4-14-28(15-5-1)31-24-37-35-22-11-10-20-33(35)34-21-12-13-23-36(34)41(37)38(25-31)40-27-32(29-16-6-2-7-17-29)26-39(42-40)30-18-8-3-9-19-30/h1-34H;1-29H;1-27H. The van der Waals surface area contributed by atoms with Gasteiger partial charge in [0.1, 0.15) is 5.82 Å². The predicted octanol–water partition coefficient (Wildman–Crippen LogP) is 36.5. The molecular weight excluding hydrogens is 1780 g/mol. The number of pyridine rings is 1. The molecule has 686 valence electrons. The third kappa shape index (κ3) is 16.8. The third-order valence-electron chi connectivity index (χ3n) is 28.3. The van der Waals surface area contributed by atoms with Crippen LogP contribution in [0.3, 0.4) is 0 Å². The Morgan fingerprint density at radius 1 is 0.129 bits per heavy atom. The van der Waals surface area contributed by atoms with Gasteiger partial charge in [0.15, 0.2) is 23.3 Å². The lowest BCUT2D eigenvalue weighted by Crippen LogP contribution is -2.02. The molecule has 28 aromatic rings. The van der Waals surface area contributed by atoms with E-state index in [0.717, 1.165) is 139 Å². The molecule has 4 heterocycles. The first kappa shape index (κ1) is 87.6. The molecule has 8 nitrogen and oxygen atoms in total. The second-order valence-electron chi connectivity index (χ2n) is 37.2. The van der Waals surface area contributed by atoms with Crippen molar-refractivity contribution in [3.63, 3.8) is 0 Å². The third-order valence-corrected chi connectivity index (χ3v) is 28.3. The van der Waals surface area contributed by atoms with Gasteiger partial charge in [-0.3, -0.25) is 4.57 Å². The van der Waals surface area contributed by atoms with E-state index >= 15 is 0 Å². The van der Waals surface area contributed by atoms with Gasteiger partial charge < -0.3 is 0 Å². The van der Waals surface area contributed by atoms with Gasteiger partial charge in [0, 0.05) is 66.5 Å². The van der Waals surface area contributed by atoms with Gasteiger partial charge in [-0.2, -0.15) is 0 Å². The maximum absolute atomic E-state index is 5.37. The summed E-state index contributed by atoms with van der Waals surface area (Å²) in [6.07, 6.45) is 0. The molecule has 0 amide bonds. The molecule has 0 saturated carbocycles. The minimum Gasteiger partial charge on any atom is -0.292 e. The van der Waals surface area contributed by atoms with E-state index in [4.69, 9.17) is 34.9 Å². The molecule has 24 aromatic carbocycles. The molecule has 0 radical (unpaired) electrons. The first-order valence-corrected chi connectivity index (χ1v) is 49.9. The molecule has 28 rings (SSSR count). The van der Waals surface area contributed by atoms with Crippen LogP contribution in [0.5, 0.6) is 0 Å². The molecular formula is C139H90N8. The fourth-order valence-electron chi connectivity index (χ4n) is 21.4. The Bertz CT molecular complexity index is 9680. The second kappa shape index (κ2) is 38.4. The zero-order valence-corrected chi connectivity index (χ0v) is 80.0. The van der Waals surface area contributed by atoms with Gasteiger partial charge >= 0.3 is 0 Å². The average Bonchev–Trinajstić information content (AvgIpc) is 1.39. The van der Waals surface area contributed by atoms with Gasteiger partial charge in [-0.05, 0) is 221 Å². The lowest BCUT2D eigenvalue weighted by atomic mass is 9.87. The molecule has 0 N–H and O–H groups in total. The molecule has 147 heavy (non-hydrogen) atoms. The van der Waals surface area contributed by atoms with Crippen LogP contribution in [0.15, 0.2) is 546 Å². The van der Waals surface area contributed by atoms with Crippen molar-refractivity contribution in [3.05, 3.63) is 546 Å². The van der Waals surface area contributed by atoms with E-state index in [9.17, 15) is 0 Å². The molecule has 0 spiro atoms. The van der Waals surface area contributed by atoms with Crippen molar-refractivity contribution in [2.75, 3.05) is 0 Å². The topological polar surface area (TPSA) is 95.2 Å². The van der Waals surface area contributed by atoms with E-state index in [1.165, 1.54) is 109 Å². The highest BCUT2D eigenvalue weighted by Gasteiger charge is 2.27. The number of rotatable bonds is 15. The molecule has 0 saturated heterocycles. The largest absolute Gasteiger partial charge is 0.292 e. The van der Waals surface area contributed by atoms with Gasteiger partial charge in [0.2, 0.25) is 0 Å². The maximum atomic E-state index is 5.37. The smallest absolute Gasteiger partial charge is 0.164 e. The summed E-state index contributed by atoms with van der Waals surface area (Å²) in [4.78, 5) is 36.8. The van der Waals surface area contributed by atoms with E-state index < -0.39 is 0 Å². The number of benzene rings is 24. The maximum Gasteiger partial charge on any atom is 0.164 e. The number of nitrogens with zero attached hydrogens (tertiary/aromatic N) is 8. The van der Waals surface area contributed by atoms with E-state index in [1.807, 2.05) is 84.9 Å². The van der Waals surface area contributed by atoms with Gasteiger partial charge in [-0.25, -0.2) is 34.9 Å². The quantitative estimate of drug-likeness (QED) is 0.0944. The summed E-state index contributed by atoms with van der Waals surface area (Å²) >= 11 is 0. The summed E-state index contributed by atoms with van der Waals surface area (Å²) in [7, 11) is 0. The van der Waals surface area contributed by atoms with Crippen molar-refractivity contribution in [3.8, 4) is 163 Å². The number of imidazole rings is 1. The zero-order chi connectivity index (χ0) is 97.5. The summed E-state index contributed by atoms with van der Waals surface area (Å²) in [5, 5.41) is 21.6. The van der Waals surface area contributed by atoms with Crippen molar-refractivity contribution in [1.29, 1.82) is 0 Å². The van der Waals surface area contributed by atoms with Crippen molar-refractivity contribution in [2.45, 2.75) is 0 Å². The Morgan fingerprint density at radius 2 is 0.374 bits per heavy atom. The molecule has 0 aliphatic carbocycles. The van der Waals surface area contributed by atoms with Crippen LogP contribution in [0.4, 0.5) is 0 Å². The highest BCUT2D eigenvalue weighted by atomic mass is 15.1. The van der Waals surface area contributed by atoms with Crippen molar-refractivity contribution in [1.82, 2.24) is 39.5 Å². The van der Waals surface area contributed by atoms with Crippen LogP contribution in [0.1, 0.15) is 0 Å². The number of para-hydroxylation sites is 3. The van der Waals surface area contributed by atoms with Crippen LogP contribution >= 0.6 is 0 Å². The van der Waals surface area contributed by atoms with Crippen LogP contribution < -0.4 is 0 Å². The predicted molar refractivity (Wildman–Crippen MR) is 614 cm³/mol. The number of fused-ring (bicyclic) bond motifs is 19. The van der Waals surface area contributed by atoms with Crippen molar-refractivity contribution >= 4 is 108 Å².